The summed E-state index contributed by atoms with van der Waals surface area (Å²) in [5, 5.41) is 0. The number of rotatable bonds is 12. The molecular weight excluding hydrogens is 671 g/mol. The summed E-state index contributed by atoms with van der Waals surface area (Å²) >= 11 is 0. The summed E-state index contributed by atoms with van der Waals surface area (Å²) < 4.78 is 39.0. The monoisotopic (exact) mass is 732 g/mol. The highest BCUT2D eigenvalue weighted by Gasteiger charge is 2.35. The van der Waals surface area contributed by atoms with E-state index in [9.17, 15) is 17.3 Å². The molecule has 5 atom stereocenters. The zero-order valence-corrected chi connectivity index (χ0v) is 32.3. The minimum atomic E-state index is -6.00. The minimum Gasteiger partial charge on any atom is -0.418 e. The molecule has 1 fully saturated rings. The Balaban J connectivity index is 0.00000117. The van der Waals surface area contributed by atoms with Crippen molar-refractivity contribution >= 4 is 7.25 Å². The zero-order chi connectivity index (χ0) is 38.1. The van der Waals surface area contributed by atoms with E-state index in [1.54, 1.807) is 4.90 Å². The maximum atomic E-state index is 9.75. The molecule has 4 aromatic carbocycles. The average molecular weight is 733 g/mol. The highest BCUT2D eigenvalue weighted by molar-refractivity contribution is 6.50. The van der Waals surface area contributed by atoms with Crippen LogP contribution in [0.2, 0.25) is 0 Å². The van der Waals surface area contributed by atoms with Crippen LogP contribution >= 0.6 is 0 Å². The number of benzene rings is 4. The molecule has 1 aliphatic heterocycles. The van der Waals surface area contributed by atoms with Crippen molar-refractivity contribution in [1.29, 1.82) is 0 Å². The Kier molecular flexibility index (Phi) is 17.6. The first-order valence-corrected chi connectivity index (χ1v) is 19.7. The Morgan fingerprint density at radius 2 is 0.774 bits per heavy atom. The van der Waals surface area contributed by atoms with Gasteiger partial charge in [0.25, 0.3) is 0 Å². The fourth-order valence-electron chi connectivity index (χ4n) is 8.18. The number of halogens is 4. The van der Waals surface area contributed by atoms with Crippen LogP contribution in [0.5, 0.6) is 0 Å². The van der Waals surface area contributed by atoms with Gasteiger partial charge in [0.1, 0.15) is 6.04 Å². The molecule has 5 rings (SSSR count). The predicted molar refractivity (Wildman–Crippen MR) is 214 cm³/mol. The van der Waals surface area contributed by atoms with E-state index in [0.29, 0.717) is 24.2 Å². The highest BCUT2D eigenvalue weighted by atomic mass is 19.5. The molecule has 0 amide bonds. The Morgan fingerprint density at radius 1 is 0.472 bits per heavy atom. The van der Waals surface area contributed by atoms with Gasteiger partial charge in [-0.1, -0.05) is 142 Å². The summed E-state index contributed by atoms with van der Waals surface area (Å²) in [6.07, 6.45) is 4.36. The number of nitrogens with zero attached hydrogens (tertiary/aromatic N) is 3. The van der Waals surface area contributed by atoms with Gasteiger partial charge in [0.15, 0.2) is 0 Å². The summed E-state index contributed by atoms with van der Waals surface area (Å²) in [5.74, 6) is 0. The van der Waals surface area contributed by atoms with Gasteiger partial charge in [-0.25, -0.2) is 0 Å². The van der Waals surface area contributed by atoms with Crippen molar-refractivity contribution in [3.05, 3.63) is 144 Å². The third-order valence-corrected chi connectivity index (χ3v) is 10.9. The van der Waals surface area contributed by atoms with Crippen LogP contribution < -0.4 is 4.90 Å². The van der Waals surface area contributed by atoms with Gasteiger partial charge in [0.05, 0.1) is 25.7 Å². The van der Waals surface area contributed by atoms with Crippen LogP contribution in [0.15, 0.2) is 121 Å². The van der Waals surface area contributed by atoms with Gasteiger partial charge in [-0.05, 0) is 68.1 Å². The molecule has 1 saturated heterocycles. The van der Waals surface area contributed by atoms with Crippen LogP contribution in [0.3, 0.4) is 0 Å². The molecule has 1 aliphatic rings. The van der Waals surface area contributed by atoms with E-state index in [1.807, 2.05) is 0 Å². The second-order valence-corrected chi connectivity index (χ2v) is 14.4. The lowest BCUT2D eigenvalue weighted by Gasteiger charge is -2.45. The highest BCUT2D eigenvalue weighted by Crippen LogP contribution is 2.20. The van der Waals surface area contributed by atoms with Crippen LogP contribution in [-0.4, -0.2) is 98.5 Å². The van der Waals surface area contributed by atoms with E-state index in [1.165, 1.54) is 22.3 Å². The third kappa shape index (κ3) is 14.7. The molecule has 4 nitrogen and oxygen atoms in total. The van der Waals surface area contributed by atoms with Gasteiger partial charge >= 0.3 is 7.25 Å². The topological polar surface area (TPSA) is 14.2 Å². The number of hydrogen-bond donors (Lipinski definition) is 1. The van der Waals surface area contributed by atoms with Crippen molar-refractivity contribution < 1.29 is 22.2 Å². The van der Waals surface area contributed by atoms with E-state index in [-0.39, 0.29) is 0 Å². The van der Waals surface area contributed by atoms with Crippen molar-refractivity contribution in [2.45, 2.75) is 77.5 Å². The molecule has 0 bridgehead atoms. The van der Waals surface area contributed by atoms with Crippen molar-refractivity contribution in [1.82, 2.24) is 14.7 Å². The fraction of sp³-hybridized carbons (Fsp3) is 0.455. The molecule has 4 aromatic rings. The normalized spacial score (nSPS) is 22.6. The number of likely N-dealkylation sites (N-methyl/N-ethyl adjacent to an activating group) is 4. The zero-order valence-electron chi connectivity index (χ0n) is 32.3. The maximum Gasteiger partial charge on any atom is 0.673 e. The van der Waals surface area contributed by atoms with Crippen molar-refractivity contribution in [3.63, 3.8) is 0 Å². The summed E-state index contributed by atoms with van der Waals surface area (Å²) in [5.41, 5.74) is 5.80. The molecule has 0 aliphatic carbocycles. The lowest BCUT2D eigenvalue weighted by Crippen LogP contribution is -3.18. The number of hydrogen-bond acceptors (Lipinski definition) is 3. The van der Waals surface area contributed by atoms with Gasteiger partial charge in [-0.2, -0.15) is 0 Å². The Hall–Kier alpha value is -3.50. The Morgan fingerprint density at radius 3 is 1.11 bits per heavy atom. The third-order valence-electron chi connectivity index (χ3n) is 10.9. The summed E-state index contributed by atoms with van der Waals surface area (Å²) in [7, 11) is -6.00. The van der Waals surface area contributed by atoms with E-state index in [2.05, 4.69) is 164 Å². The predicted octanol–water partition coefficient (Wildman–Crippen LogP) is 7.62. The number of quaternary nitrogens is 1. The average Bonchev–Trinajstić information content (AvgIpc) is 3.16. The van der Waals surface area contributed by atoms with Crippen molar-refractivity contribution in [2.24, 2.45) is 0 Å². The standard InChI is InChI=1S/C44H60N4.BF4/c1-5-45-33-42(30-38-23-15-10-16-24-38)47(7-3)35-44(32-40-27-19-12-20-28-40)48(8-4)36-43(31-39-25-17-11-18-26-39)46(6-2)34-41(45)29-37-21-13-9-14-22-37;2-1(3,4)5/h9-28,41-44H,5-8,29-36H2,1-4H3;/q;-1/p+1/t41-,42-,43-,44+;/m1./s1. The molecule has 1 heterocycles. The van der Waals surface area contributed by atoms with E-state index >= 15 is 0 Å². The van der Waals surface area contributed by atoms with Gasteiger partial charge in [0.2, 0.25) is 0 Å². The quantitative estimate of drug-likeness (QED) is 0.119. The minimum absolute atomic E-state index is 0.442. The van der Waals surface area contributed by atoms with Crippen molar-refractivity contribution in [3.8, 4) is 0 Å². The first-order valence-electron chi connectivity index (χ1n) is 19.7. The summed E-state index contributed by atoms with van der Waals surface area (Å²) in [4.78, 5) is 10.3. The fourth-order valence-corrected chi connectivity index (χ4v) is 8.18. The maximum absolute atomic E-state index is 9.75. The Bertz CT molecular complexity index is 1300. The van der Waals surface area contributed by atoms with Gasteiger partial charge in [0, 0.05) is 31.6 Å². The summed E-state index contributed by atoms with van der Waals surface area (Å²) in [6, 6.07) is 46.9. The molecular formula is C44H61BF4N4. The molecule has 0 saturated carbocycles. The lowest BCUT2D eigenvalue weighted by atomic mass is 9.96. The van der Waals surface area contributed by atoms with E-state index in [4.69, 9.17) is 0 Å². The number of nitrogens with one attached hydrogen (secondary N) is 1. The molecule has 9 heteroatoms. The van der Waals surface area contributed by atoms with Gasteiger partial charge < -0.3 is 22.2 Å². The summed E-state index contributed by atoms with van der Waals surface area (Å²) in [6.45, 7) is 18.3. The van der Waals surface area contributed by atoms with E-state index < -0.39 is 7.25 Å². The van der Waals surface area contributed by atoms with Crippen LogP contribution in [0.4, 0.5) is 17.3 Å². The largest absolute Gasteiger partial charge is 0.673 e. The van der Waals surface area contributed by atoms with Gasteiger partial charge in [-0.3, -0.25) is 14.7 Å². The van der Waals surface area contributed by atoms with E-state index in [0.717, 1.165) is 78.0 Å². The molecule has 288 valence electrons. The molecule has 1 N–H and O–H groups in total. The van der Waals surface area contributed by atoms with Crippen LogP contribution in [0.25, 0.3) is 0 Å². The van der Waals surface area contributed by atoms with Crippen molar-refractivity contribution in [2.75, 3.05) is 52.4 Å². The van der Waals surface area contributed by atoms with Gasteiger partial charge in [-0.15, -0.1) is 0 Å². The Labute approximate surface area is 316 Å². The van der Waals surface area contributed by atoms with Crippen LogP contribution in [-0.2, 0) is 25.7 Å². The molecule has 0 radical (unpaired) electrons. The molecule has 1 unspecified atom stereocenters. The van der Waals surface area contributed by atoms with Crippen LogP contribution in [0, 0.1) is 0 Å². The first-order chi connectivity index (χ1) is 25.6. The lowest BCUT2D eigenvalue weighted by molar-refractivity contribution is -0.925. The van der Waals surface area contributed by atoms with Crippen LogP contribution in [0.1, 0.15) is 49.9 Å². The molecule has 53 heavy (non-hydrogen) atoms. The first kappa shape index (κ1) is 42.2. The smallest absolute Gasteiger partial charge is 0.418 e. The second-order valence-electron chi connectivity index (χ2n) is 14.4. The SMILES string of the molecule is CCN1C[C@H](Cc2ccccc2)N(CC)C[C@@H](Cc2ccccc2)N(CC)C[C@@H](Cc2ccccc2)[NH+](CC)C[C@H]1Cc1ccccc1.F[B-](F)(F)F. The molecule has 0 spiro atoms. The second kappa shape index (κ2) is 22.0. The molecule has 0 aromatic heterocycles.